The molecule has 31 heavy (non-hydrogen) atoms. The third kappa shape index (κ3) is 4.29. The molecule has 3 aromatic rings. The SMILES string of the molecule is Cc1cccn2cc(COc3ccc(C(=O)N4CCC(C5OCCO5)CC4)cc3)nc12. The van der Waals surface area contributed by atoms with Gasteiger partial charge >= 0.3 is 0 Å². The number of fused-ring (bicyclic) bond motifs is 1. The van der Waals surface area contributed by atoms with Crippen LogP contribution in [0.3, 0.4) is 0 Å². The maximum Gasteiger partial charge on any atom is 0.253 e. The topological polar surface area (TPSA) is 65.3 Å². The van der Waals surface area contributed by atoms with Gasteiger partial charge in [0.05, 0.1) is 18.9 Å². The average molecular weight is 421 g/mol. The first kappa shape index (κ1) is 20.0. The third-order valence-corrected chi connectivity index (χ3v) is 6.08. The molecule has 0 atom stereocenters. The summed E-state index contributed by atoms with van der Waals surface area (Å²) in [5, 5.41) is 0. The van der Waals surface area contributed by atoms with Crippen molar-refractivity contribution >= 4 is 11.6 Å². The number of carbonyl (C=O) groups is 1. The lowest BCUT2D eigenvalue weighted by molar-refractivity contribution is -0.0956. The van der Waals surface area contributed by atoms with Crippen LogP contribution in [0.25, 0.3) is 5.65 Å². The summed E-state index contributed by atoms with van der Waals surface area (Å²) in [4.78, 5) is 19.4. The van der Waals surface area contributed by atoms with Crippen LogP contribution in [0.2, 0.25) is 0 Å². The molecule has 0 radical (unpaired) electrons. The van der Waals surface area contributed by atoms with Crippen LogP contribution in [0.1, 0.15) is 34.5 Å². The molecule has 7 nitrogen and oxygen atoms in total. The second-order valence-electron chi connectivity index (χ2n) is 8.21. The maximum atomic E-state index is 12.9. The molecule has 0 unspecified atom stereocenters. The number of ether oxygens (including phenoxy) is 3. The van der Waals surface area contributed by atoms with Gasteiger partial charge in [0, 0.05) is 37.0 Å². The molecule has 0 bridgehead atoms. The number of imidazole rings is 1. The minimum absolute atomic E-state index is 0.0640. The number of likely N-dealkylation sites (tertiary alicyclic amines) is 1. The van der Waals surface area contributed by atoms with Gasteiger partial charge in [-0.05, 0) is 55.7 Å². The monoisotopic (exact) mass is 421 g/mol. The number of amides is 1. The van der Waals surface area contributed by atoms with Gasteiger partial charge in [-0.1, -0.05) is 6.07 Å². The first-order valence-electron chi connectivity index (χ1n) is 10.9. The minimum atomic E-state index is -0.0921. The van der Waals surface area contributed by atoms with Crippen LogP contribution >= 0.6 is 0 Å². The van der Waals surface area contributed by atoms with Crippen LogP contribution in [-0.4, -0.2) is 52.8 Å². The highest BCUT2D eigenvalue weighted by Crippen LogP contribution is 2.27. The summed E-state index contributed by atoms with van der Waals surface area (Å²) >= 11 is 0. The Balaban J connectivity index is 1.16. The molecule has 5 rings (SSSR count). The summed E-state index contributed by atoms with van der Waals surface area (Å²) < 4.78 is 19.1. The molecule has 7 heteroatoms. The van der Waals surface area contributed by atoms with E-state index in [9.17, 15) is 4.79 Å². The second-order valence-corrected chi connectivity index (χ2v) is 8.21. The fourth-order valence-electron chi connectivity index (χ4n) is 4.33. The molecular weight excluding hydrogens is 394 g/mol. The molecule has 2 aromatic heterocycles. The second kappa shape index (κ2) is 8.69. The predicted octanol–water partition coefficient (Wildman–Crippen LogP) is 3.45. The van der Waals surface area contributed by atoms with Crippen LogP contribution in [0, 0.1) is 12.8 Å². The summed E-state index contributed by atoms with van der Waals surface area (Å²) in [6.07, 6.45) is 5.69. The summed E-state index contributed by atoms with van der Waals surface area (Å²) in [5.41, 5.74) is 3.62. The number of aromatic nitrogens is 2. The lowest BCUT2D eigenvalue weighted by atomic mass is 9.95. The smallest absolute Gasteiger partial charge is 0.253 e. The Hall–Kier alpha value is -2.90. The lowest BCUT2D eigenvalue weighted by Gasteiger charge is -2.33. The highest BCUT2D eigenvalue weighted by atomic mass is 16.7. The summed E-state index contributed by atoms with van der Waals surface area (Å²) in [6, 6.07) is 11.4. The number of nitrogens with zero attached hydrogens (tertiary/aromatic N) is 3. The fourth-order valence-corrected chi connectivity index (χ4v) is 4.33. The molecule has 2 aliphatic rings. The van der Waals surface area contributed by atoms with E-state index in [-0.39, 0.29) is 12.2 Å². The van der Waals surface area contributed by atoms with Gasteiger partial charge in [-0.2, -0.15) is 0 Å². The minimum Gasteiger partial charge on any atom is -0.487 e. The number of aryl methyl sites for hydroxylation is 1. The van der Waals surface area contributed by atoms with Crippen LogP contribution in [0.4, 0.5) is 0 Å². The van der Waals surface area contributed by atoms with Crippen molar-refractivity contribution in [3.8, 4) is 5.75 Å². The number of rotatable bonds is 5. The Labute approximate surface area is 181 Å². The number of hydrogen-bond acceptors (Lipinski definition) is 5. The van der Waals surface area contributed by atoms with Gasteiger partial charge in [0.25, 0.3) is 5.91 Å². The molecule has 2 saturated heterocycles. The van der Waals surface area contributed by atoms with Crippen LogP contribution < -0.4 is 4.74 Å². The predicted molar refractivity (Wildman–Crippen MR) is 115 cm³/mol. The summed E-state index contributed by atoms with van der Waals surface area (Å²) in [6.45, 7) is 5.25. The molecule has 0 aliphatic carbocycles. The lowest BCUT2D eigenvalue weighted by Crippen LogP contribution is -2.41. The molecule has 2 aliphatic heterocycles. The van der Waals surface area contributed by atoms with Gasteiger partial charge in [-0.15, -0.1) is 0 Å². The number of hydrogen-bond donors (Lipinski definition) is 0. The van der Waals surface area contributed by atoms with E-state index in [1.807, 2.05) is 65.0 Å². The van der Waals surface area contributed by atoms with Gasteiger partial charge in [0.15, 0.2) is 6.29 Å². The number of pyridine rings is 1. The molecule has 4 heterocycles. The van der Waals surface area contributed by atoms with Crippen LogP contribution in [0.5, 0.6) is 5.75 Å². The van der Waals surface area contributed by atoms with E-state index in [1.54, 1.807) is 0 Å². The first-order chi connectivity index (χ1) is 15.2. The van der Waals surface area contributed by atoms with E-state index < -0.39 is 0 Å². The zero-order valence-corrected chi connectivity index (χ0v) is 17.7. The van der Waals surface area contributed by atoms with Gasteiger partial charge < -0.3 is 23.5 Å². The van der Waals surface area contributed by atoms with Crippen molar-refractivity contribution in [3.05, 3.63) is 65.6 Å². The van der Waals surface area contributed by atoms with Crippen molar-refractivity contribution < 1.29 is 19.0 Å². The molecule has 0 spiro atoms. The van der Waals surface area contributed by atoms with Gasteiger partial charge in [-0.25, -0.2) is 4.98 Å². The molecule has 2 fully saturated rings. The van der Waals surface area contributed by atoms with Crippen molar-refractivity contribution in [1.29, 1.82) is 0 Å². The number of benzene rings is 1. The molecule has 0 N–H and O–H groups in total. The maximum absolute atomic E-state index is 12.9. The zero-order valence-electron chi connectivity index (χ0n) is 17.7. The highest BCUT2D eigenvalue weighted by molar-refractivity contribution is 5.94. The van der Waals surface area contributed by atoms with Crippen molar-refractivity contribution in [2.45, 2.75) is 32.7 Å². The van der Waals surface area contributed by atoms with E-state index >= 15 is 0 Å². The van der Waals surface area contributed by atoms with E-state index in [1.165, 1.54) is 0 Å². The fraction of sp³-hybridized carbons (Fsp3) is 0.417. The van der Waals surface area contributed by atoms with Crippen molar-refractivity contribution in [2.24, 2.45) is 5.92 Å². The average Bonchev–Trinajstić information content (AvgIpc) is 3.49. The number of carbonyl (C=O) groups excluding carboxylic acids is 1. The Bertz CT molecular complexity index is 1050. The summed E-state index contributed by atoms with van der Waals surface area (Å²) in [7, 11) is 0. The summed E-state index contributed by atoms with van der Waals surface area (Å²) in [5.74, 6) is 1.17. The molecule has 162 valence electrons. The zero-order chi connectivity index (χ0) is 21.2. The van der Waals surface area contributed by atoms with Crippen LogP contribution in [0.15, 0.2) is 48.8 Å². The normalized spacial score (nSPS) is 18.0. The Morgan fingerprint density at radius 1 is 1.13 bits per heavy atom. The third-order valence-electron chi connectivity index (χ3n) is 6.08. The standard InChI is InChI=1S/C24H27N3O4/c1-17-3-2-10-27-15-20(25-22(17)27)16-31-21-6-4-18(5-7-21)23(28)26-11-8-19(9-12-26)24-29-13-14-30-24/h2-7,10,15,19,24H,8-9,11-14,16H2,1H3. The Morgan fingerprint density at radius 3 is 2.58 bits per heavy atom. The largest absolute Gasteiger partial charge is 0.487 e. The Kier molecular flexibility index (Phi) is 5.61. The van der Waals surface area contributed by atoms with Gasteiger partial charge in [0.1, 0.15) is 18.0 Å². The van der Waals surface area contributed by atoms with E-state index in [0.29, 0.717) is 31.3 Å². The highest BCUT2D eigenvalue weighted by Gasteiger charge is 2.32. The van der Waals surface area contributed by atoms with Gasteiger partial charge in [-0.3, -0.25) is 4.79 Å². The van der Waals surface area contributed by atoms with E-state index in [0.717, 1.165) is 48.6 Å². The first-order valence-corrected chi connectivity index (χ1v) is 10.9. The van der Waals surface area contributed by atoms with Crippen molar-refractivity contribution in [2.75, 3.05) is 26.3 Å². The van der Waals surface area contributed by atoms with Crippen molar-refractivity contribution in [3.63, 3.8) is 0 Å². The number of piperidine rings is 1. The molecule has 1 aromatic carbocycles. The Morgan fingerprint density at radius 2 is 1.87 bits per heavy atom. The van der Waals surface area contributed by atoms with E-state index in [2.05, 4.69) is 4.98 Å². The molecular formula is C24H27N3O4. The van der Waals surface area contributed by atoms with Gasteiger partial charge in [0.2, 0.25) is 0 Å². The van der Waals surface area contributed by atoms with E-state index in [4.69, 9.17) is 14.2 Å². The molecule has 0 saturated carbocycles. The van der Waals surface area contributed by atoms with Crippen LogP contribution in [-0.2, 0) is 16.1 Å². The van der Waals surface area contributed by atoms with Crippen molar-refractivity contribution in [1.82, 2.24) is 14.3 Å². The quantitative estimate of drug-likeness (QED) is 0.631. The molecule has 1 amide bonds.